The Balaban J connectivity index is 1.50. The van der Waals surface area contributed by atoms with E-state index in [0.717, 1.165) is 61.4 Å². The molecule has 4 nitrogen and oxygen atoms in total. The first-order valence-electron chi connectivity index (χ1n) is 13.0. The summed E-state index contributed by atoms with van der Waals surface area (Å²) in [6.45, 7) is 0. The maximum Gasteiger partial charge on any atom is 0.250 e. The van der Waals surface area contributed by atoms with Crippen molar-refractivity contribution >= 4 is 67.1 Å². The fourth-order valence-electron chi connectivity index (χ4n) is 7.65. The van der Waals surface area contributed by atoms with Crippen LogP contribution in [0.1, 0.15) is 41.9 Å². The van der Waals surface area contributed by atoms with Crippen molar-refractivity contribution in [2.24, 2.45) is 5.41 Å². The normalized spacial score (nSPS) is 31.3. The van der Waals surface area contributed by atoms with E-state index < -0.39 is 11.0 Å². The van der Waals surface area contributed by atoms with Crippen LogP contribution in [0.5, 0.6) is 0 Å². The lowest BCUT2D eigenvalue weighted by Crippen LogP contribution is -2.60. The predicted molar refractivity (Wildman–Crippen MR) is 160 cm³/mol. The molecule has 1 N–H and O–H groups in total. The average Bonchev–Trinajstić information content (AvgIpc) is 3.57. The molecule has 1 aliphatic carbocycles. The lowest BCUT2D eigenvalue weighted by molar-refractivity contribution is -0.145. The number of benzene rings is 3. The number of thioether (sulfide) groups is 1. The Morgan fingerprint density at radius 1 is 0.947 bits per heavy atom. The van der Waals surface area contributed by atoms with E-state index in [2.05, 4.69) is 78.5 Å². The van der Waals surface area contributed by atoms with Crippen LogP contribution in [-0.4, -0.2) is 34.3 Å². The topological polar surface area (TPSA) is 49.4 Å². The molecule has 1 amide bonds. The fraction of sp³-hybridized carbons (Fsp3) is 0.290. The highest BCUT2D eigenvalue weighted by atomic mass is 79.9. The third kappa shape index (κ3) is 3.31. The summed E-state index contributed by atoms with van der Waals surface area (Å²) in [7, 11) is 0. The van der Waals surface area contributed by atoms with Gasteiger partial charge in [-0.3, -0.25) is 14.5 Å². The summed E-state index contributed by atoms with van der Waals surface area (Å²) in [5.74, 6) is 1.62. The maximum atomic E-state index is 15.1. The van der Waals surface area contributed by atoms with Gasteiger partial charge in [-0.15, -0.1) is 11.8 Å². The van der Waals surface area contributed by atoms with Crippen molar-refractivity contribution in [3.05, 3.63) is 104 Å². The van der Waals surface area contributed by atoms with Gasteiger partial charge in [-0.05, 0) is 72.4 Å². The quantitative estimate of drug-likeness (QED) is 0.295. The molecule has 7 heteroatoms. The highest BCUT2D eigenvalue weighted by Gasteiger charge is 2.77. The van der Waals surface area contributed by atoms with E-state index >= 15 is 4.79 Å². The van der Waals surface area contributed by atoms with Crippen LogP contribution in [0.15, 0.2) is 87.3 Å². The van der Waals surface area contributed by atoms with Gasteiger partial charge in [0.15, 0.2) is 5.78 Å². The summed E-state index contributed by atoms with van der Waals surface area (Å²) in [4.78, 5) is 31.9. The van der Waals surface area contributed by atoms with Gasteiger partial charge in [0, 0.05) is 43.8 Å². The number of halogens is 2. The fourth-order valence-corrected chi connectivity index (χ4v) is 9.48. The average molecular weight is 650 g/mol. The third-order valence-electron chi connectivity index (χ3n) is 8.96. The summed E-state index contributed by atoms with van der Waals surface area (Å²) in [5, 5.41) is 3.21. The van der Waals surface area contributed by atoms with E-state index in [1.165, 1.54) is 0 Å². The molecule has 0 radical (unpaired) electrons. The second-order valence-electron chi connectivity index (χ2n) is 10.7. The minimum atomic E-state index is -1.04. The number of carbonyl (C=O) groups is 2. The molecule has 192 valence electrons. The van der Waals surface area contributed by atoms with Gasteiger partial charge in [-0.25, -0.2) is 0 Å². The molecule has 2 spiro atoms. The van der Waals surface area contributed by atoms with Gasteiger partial charge >= 0.3 is 0 Å². The van der Waals surface area contributed by atoms with Crippen LogP contribution in [-0.2, 0) is 15.1 Å². The number of rotatable bonds is 2. The Kier molecular flexibility index (Phi) is 6.00. The minimum Gasteiger partial charge on any atom is -0.324 e. The van der Waals surface area contributed by atoms with E-state index in [-0.39, 0.29) is 23.7 Å². The van der Waals surface area contributed by atoms with Gasteiger partial charge < -0.3 is 5.32 Å². The van der Waals surface area contributed by atoms with E-state index in [1.54, 1.807) is 0 Å². The Morgan fingerprint density at radius 3 is 2.42 bits per heavy atom. The van der Waals surface area contributed by atoms with E-state index in [9.17, 15) is 4.79 Å². The lowest BCUT2D eigenvalue weighted by Gasteiger charge is -2.49. The minimum absolute atomic E-state index is 0.0518. The predicted octanol–water partition coefficient (Wildman–Crippen LogP) is 7.35. The van der Waals surface area contributed by atoms with Crippen molar-refractivity contribution in [1.29, 1.82) is 0 Å². The van der Waals surface area contributed by atoms with Crippen LogP contribution in [0.25, 0.3) is 6.08 Å². The van der Waals surface area contributed by atoms with Crippen LogP contribution in [0, 0.1) is 5.41 Å². The number of allylic oxidation sites excluding steroid dienone is 1. The zero-order valence-electron chi connectivity index (χ0n) is 20.6. The molecule has 4 atom stereocenters. The largest absolute Gasteiger partial charge is 0.324 e. The number of nitrogens with zero attached hydrogens (tertiary/aromatic N) is 1. The zero-order chi connectivity index (χ0) is 26.1. The molecule has 2 saturated heterocycles. The molecule has 3 aliphatic heterocycles. The van der Waals surface area contributed by atoms with Gasteiger partial charge in [0.2, 0.25) is 0 Å². The van der Waals surface area contributed by atoms with Gasteiger partial charge in [-0.1, -0.05) is 74.3 Å². The van der Waals surface area contributed by atoms with E-state index in [1.807, 2.05) is 54.2 Å². The number of fused-ring (bicyclic) bond motifs is 5. The lowest BCUT2D eigenvalue weighted by atomic mass is 9.53. The number of anilines is 1. The third-order valence-corrected chi connectivity index (χ3v) is 11.1. The van der Waals surface area contributed by atoms with Crippen LogP contribution in [0.2, 0.25) is 0 Å². The molecule has 3 heterocycles. The number of hydrogen-bond donors (Lipinski definition) is 1. The molecule has 38 heavy (non-hydrogen) atoms. The molecular weight excluding hydrogens is 624 g/mol. The maximum absolute atomic E-state index is 15.1. The monoisotopic (exact) mass is 648 g/mol. The van der Waals surface area contributed by atoms with Crippen LogP contribution < -0.4 is 5.32 Å². The van der Waals surface area contributed by atoms with Gasteiger partial charge in [-0.2, -0.15) is 0 Å². The van der Waals surface area contributed by atoms with Gasteiger partial charge in [0.1, 0.15) is 5.54 Å². The standard InChI is InChI=1S/C31H26Br2N2O2S/c32-22-11-7-19(8-12-22)16-21-4-3-15-30(28(21)36)27(20-9-13-23(33)14-10-20)26-17-38-18-35(26)31(30)24-5-1-2-6-25(24)34-29(31)37/h1-2,5-14,16,26-27H,3-4,15,17-18H2,(H,34,37)/t26-,27-,30-,31-/m0/s1. The molecular formula is C31H26Br2N2O2S. The molecule has 0 bridgehead atoms. The second kappa shape index (κ2) is 9.19. The number of para-hydroxylation sites is 1. The van der Waals surface area contributed by atoms with Crippen LogP contribution in [0.4, 0.5) is 5.69 Å². The van der Waals surface area contributed by atoms with Gasteiger partial charge in [0.05, 0.1) is 5.41 Å². The molecule has 3 fully saturated rings. The highest BCUT2D eigenvalue weighted by molar-refractivity contribution is 9.10. The number of ketones is 1. The Bertz CT molecular complexity index is 1490. The molecule has 0 aromatic heterocycles. The SMILES string of the molecule is O=C1Nc2ccccc2[C@]12N1CSC[C@H]1[C@H](c1ccc(Br)cc1)[C@]21CCCC(=Cc2ccc(Br)cc2)C1=O. The smallest absolute Gasteiger partial charge is 0.250 e. The second-order valence-corrected chi connectivity index (χ2v) is 13.5. The number of amides is 1. The first-order valence-corrected chi connectivity index (χ1v) is 15.7. The summed E-state index contributed by atoms with van der Waals surface area (Å²) < 4.78 is 2.02. The summed E-state index contributed by atoms with van der Waals surface area (Å²) in [6, 6.07) is 24.6. The van der Waals surface area contributed by atoms with Crippen LogP contribution in [0.3, 0.4) is 0 Å². The molecule has 4 aliphatic rings. The summed E-state index contributed by atoms with van der Waals surface area (Å²) >= 11 is 8.98. The Labute approximate surface area is 243 Å². The first kappa shape index (κ1) is 24.8. The molecule has 0 unspecified atom stereocenters. The van der Waals surface area contributed by atoms with Crippen molar-refractivity contribution in [2.45, 2.75) is 36.8 Å². The van der Waals surface area contributed by atoms with Gasteiger partial charge in [0.25, 0.3) is 5.91 Å². The number of hydrogen-bond acceptors (Lipinski definition) is 4. The van der Waals surface area contributed by atoms with Crippen LogP contribution >= 0.6 is 43.6 Å². The molecule has 7 rings (SSSR count). The van der Waals surface area contributed by atoms with E-state index in [0.29, 0.717) is 6.42 Å². The van der Waals surface area contributed by atoms with Crippen molar-refractivity contribution < 1.29 is 9.59 Å². The zero-order valence-corrected chi connectivity index (χ0v) is 24.6. The van der Waals surface area contributed by atoms with Crippen molar-refractivity contribution in [3.8, 4) is 0 Å². The summed E-state index contributed by atoms with van der Waals surface area (Å²) in [6.07, 6.45) is 4.33. The summed E-state index contributed by atoms with van der Waals surface area (Å²) in [5.41, 5.74) is 2.82. The molecule has 1 saturated carbocycles. The van der Waals surface area contributed by atoms with Crippen molar-refractivity contribution in [1.82, 2.24) is 4.90 Å². The number of nitrogens with one attached hydrogen (secondary N) is 1. The number of carbonyl (C=O) groups excluding carboxylic acids is 2. The number of Topliss-reactive ketones (excluding diaryl/α,β-unsaturated/α-hetero) is 1. The highest BCUT2D eigenvalue weighted by Crippen LogP contribution is 2.70. The molecule has 3 aromatic carbocycles. The van der Waals surface area contributed by atoms with Crippen molar-refractivity contribution in [3.63, 3.8) is 0 Å². The first-order chi connectivity index (χ1) is 18.5. The Morgan fingerprint density at radius 2 is 1.66 bits per heavy atom. The van der Waals surface area contributed by atoms with E-state index in [4.69, 9.17) is 0 Å². The molecule has 3 aromatic rings. The van der Waals surface area contributed by atoms with Crippen molar-refractivity contribution in [2.75, 3.05) is 16.9 Å². The Hall–Kier alpha value is -2.19.